The normalized spacial score (nSPS) is 10.2. The molecule has 0 spiro atoms. The van der Waals surface area contributed by atoms with Crippen LogP contribution in [0.3, 0.4) is 0 Å². The van der Waals surface area contributed by atoms with E-state index in [0.29, 0.717) is 25.3 Å². The molecule has 0 radical (unpaired) electrons. The summed E-state index contributed by atoms with van der Waals surface area (Å²) < 4.78 is 1.50. The molecule has 0 aliphatic carbocycles. The summed E-state index contributed by atoms with van der Waals surface area (Å²) in [5.74, 6) is -0.119. The Morgan fingerprint density at radius 3 is 2.86 bits per heavy atom. The molecule has 0 atom stereocenters. The van der Waals surface area contributed by atoms with E-state index in [1.54, 1.807) is 18.1 Å². The van der Waals surface area contributed by atoms with Gasteiger partial charge in [0.25, 0.3) is 5.91 Å². The van der Waals surface area contributed by atoms with E-state index in [1.807, 2.05) is 6.92 Å². The fourth-order valence-corrected chi connectivity index (χ4v) is 1.17. The summed E-state index contributed by atoms with van der Waals surface area (Å²) in [5.41, 5.74) is 5.75. The van der Waals surface area contributed by atoms with Gasteiger partial charge < -0.3 is 10.6 Å². The minimum absolute atomic E-state index is 0.119. The first-order valence-electron chi connectivity index (χ1n) is 4.54. The third-order valence-electron chi connectivity index (χ3n) is 1.89. The minimum Gasteiger partial charge on any atom is -0.336 e. The highest BCUT2D eigenvalue weighted by Gasteiger charge is 2.16. The van der Waals surface area contributed by atoms with E-state index in [9.17, 15) is 4.79 Å². The number of hydrogen-bond acceptors (Lipinski definition) is 4. The van der Waals surface area contributed by atoms with Crippen molar-refractivity contribution in [1.82, 2.24) is 19.9 Å². The maximum absolute atomic E-state index is 11.7. The van der Waals surface area contributed by atoms with Crippen molar-refractivity contribution in [2.24, 2.45) is 12.8 Å². The first-order valence-corrected chi connectivity index (χ1v) is 4.54. The predicted molar refractivity (Wildman–Crippen MR) is 51.6 cm³/mol. The molecule has 1 aromatic rings. The molecule has 1 rings (SSSR count). The van der Waals surface area contributed by atoms with Gasteiger partial charge in [0.1, 0.15) is 0 Å². The predicted octanol–water partition coefficient (Wildman–Crippen LogP) is -0.764. The molecule has 78 valence electrons. The Morgan fingerprint density at radius 2 is 2.43 bits per heavy atom. The zero-order valence-corrected chi connectivity index (χ0v) is 8.47. The topological polar surface area (TPSA) is 77.0 Å². The van der Waals surface area contributed by atoms with Gasteiger partial charge >= 0.3 is 0 Å². The van der Waals surface area contributed by atoms with Gasteiger partial charge in [-0.15, -0.1) is 5.10 Å². The number of nitrogens with two attached hydrogens (primary N) is 1. The number of hydrogen-bond donors (Lipinski definition) is 1. The highest BCUT2D eigenvalue weighted by Crippen LogP contribution is 1.99. The van der Waals surface area contributed by atoms with Crippen LogP contribution in [0.1, 0.15) is 17.4 Å². The molecule has 0 fully saturated rings. The third kappa shape index (κ3) is 2.29. The summed E-state index contributed by atoms with van der Waals surface area (Å²) in [5, 5.41) is 7.45. The summed E-state index contributed by atoms with van der Waals surface area (Å²) in [6.07, 6.45) is 1.60. The molecule has 0 aliphatic rings. The number of carbonyl (C=O) groups excluding carboxylic acids is 1. The van der Waals surface area contributed by atoms with Crippen LogP contribution in [0.4, 0.5) is 0 Å². The average molecular weight is 197 g/mol. The van der Waals surface area contributed by atoms with Gasteiger partial charge in [-0.1, -0.05) is 5.21 Å². The molecule has 0 saturated heterocycles. The van der Waals surface area contributed by atoms with Crippen molar-refractivity contribution in [3.8, 4) is 0 Å². The SMILES string of the molecule is CCN(CCN)C(=O)c1cn(C)nn1. The van der Waals surface area contributed by atoms with Crippen molar-refractivity contribution in [3.05, 3.63) is 11.9 Å². The van der Waals surface area contributed by atoms with E-state index in [2.05, 4.69) is 10.3 Å². The standard InChI is InChI=1S/C8H15N5O/c1-3-13(5-4-9)8(14)7-6-12(2)11-10-7/h6H,3-5,9H2,1-2H3. The summed E-state index contributed by atoms with van der Waals surface area (Å²) >= 11 is 0. The zero-order valence-electron chi connectivity index (χ0n) is 8.47. The van der Waals surface area contributed by atoms with Crippen molar-refractivity contribution in [1.29, 1.82) is 0 Å². The summed E-state index contributed by atoms with van der Waals surface area (Å²) in [6, 6.07) is 0. The Labute approximate surface area is 82.7 Å². The average Bonchev–Trinajstić information content (AvgIpc) is 2.60. The van der Waals surface area contributed by atoms with Gasteiger partial charge in [-0.05, 0) is 6.92 Å². The number of nitrogens with zero attached hydrogens (tertiary/aromatic N) is 4. The van der Waals surface area contributed by atoms with E-state index in [-0.39, 0.29) is 5.91 Å². The smallest absolute Gasteiger partial charge is 0.276 e. The van der Waals surface area contributed by atoms with Crippen LogP contribution in [0.25, 0.3) is 0 Å². The Bertz CT molecular complexity index is 308. The number of aromatic nitrogens is 3. The van der Waals surface area contributed by atoms with Crippen LogP contribution < -0.4 is 5.73 Å². The molecule has 1 aromatic heterocycles. The monoisotopic (exact) mass is 197 g/mol. The molecule has 0 unspecified atom stereocenters. The van der Waals surface area contributed by atoms with Crippen LogP contribution in [0.5, 0.6) is 0 Å². The molecule has 6 heteroatoms. The molecule has 1 heterocycles. The summed E-state index contributed by atoms with van der Waals surface area (Å²) in [7, 11) is 1.73. The summed E-state index contributed by atoms with van der Waals surface area (Å²) in [4.78, 5) is 13.4. The third-order valence-corrected chi connectivity index (χ3v) is 1.89. The lowest BCUT2D eigenvalue weighted by Crippen LogP contribution is -2.35. The van der Waals surface area contributed by atoms with Crippen molar-refractivity contribution in [2.45, 2.75) is 6.92 Å². The lowest BCUT2D eigenvalue weighted by molar-refractivity contribution is 0.0763. The second kappa shape index (κ2) is 4.71. The molecule has 2 N–H and O–H groups in total. The number of carbonyl (C=O) groups is 1. The minimum atomic E-state index is -0.119. The van der Waals surface area contributed by atoms with Crippen molar-refractivity contribution < 1.29 is 4.79 Å². The van der Waals surface area contributed by atoms with E-state index >= 15 is 0 Å². The Balaban J connectivity index is 2.72. The largest absolute Gasteiger partial charge is 0.336 e. The molecule has 1 amide bonds. The second-order valence-corrected chi connectivity index (χ2v) is 2.95. The maximum atomic E-state index is 11.7. The van der Waals surface area contributed by atoms with Gasteiger partial charge in [-0.3, -0.25) is 9.48 Å². The Hall–Kier alpha value is -1.43. The molecular weight excluding hydrogens is 182 g/mol. The first kappa shape index (κ1) is 10.6. The lowest BCUT2D eigenvalue weighted by Gasteiger charge is -2.17. The quantitative estimate of drug-likeness (QED) is 0.688. The van der Waals surface area contributed by atoms with Crippen molar-refractivity contribution in [3.63, 3.8) is 0 Å². The van der Waals surface area contributed by atoms with E-state index in [0.717, 1.165) is 0 Å². The molecule has 14 heavy (non-hydrogen) atoms. The lowest BCUT2D eigenvalue weighted by atomic mass is 10.3. The van der Waals surface area contributed by atoms with Crippen LogP contribution in [-0.2, 0) is 7.05 Å². The van der Waals surface area contributed by atoms with E-state index < -0.39 is 0 Å². The van der Waals surface area contributed by atoms with Crippen LogP contribution >= 0.6 is 0 Å². The fraction of sp³-hybridized carbons (Fsp3) is 0.625. The van der Waals surface area contributed by atoms with Crippen molar-refractivity contribution >= 4 is 5.91 Å². The summed E-state index contributed by atoms with van der Waals surface area (Å²) in [6.45, 7) is 3.54. The van der Waals surface area contributed by atoms with Crippen LogP contribution in [0.2, 0.25) is 0 Å². The highest BCUT2D eigenvalue weighted by molar-refractivity contribution is 5.91. The van der Waals surface area contributed by atoms with Crippen LogP contribution in [0.15, 0.2) is 6.20 Å². The Kier molecular flexibility index (Phi) is 3.58. The van der Waals surface area contributed by atoms with Gasteiger partial charge in [0, 0.05) is 26.7 Å². The molecule has 0 aliphatic heterocycles. The number of amides is 1. The van der Waals surface area contributed by atoms with Crippen molar-refractivity contribution in [2.75, 3.05) is 19.6 Å². The second-order valence-electron chi connectivity index (χ2n) is 2.95. The molecule has 0 bridgehead atoms. The van der Waals surface area contributed by atoms with Crippen LogP contribution in [-0.4, -0.2) is 45.4 Å². The van der Waals surface area contributed by atoms with E-state index in [4.69, 9.17) is 5.73 Å². The number of aryl methyl sites for hydroxylation is 1. The van der Waals surface area contributed by atoms with Crippen LogP contribution in [0, 0.1) is 0 Å². The fourth-order valence-electron chi connectivity index (χ4n) is 1.17. The highest BCUT2D eigenvalue weighted by atomic mass is 16.2. The molecular formula is C8H15N5O. The maximum Gasteiger partial charge on any atom is 0.276 e. The van der Waals surface area contributed by atoms with Gasteiger partial charge in [0.05, 0.1) is 6.20 Å². The molecule has 6 nitrogen and oxygen atoms in total. The van der Waals surface area contributed by atoms with Gasteiger partial charge in [0.15, 0.2) is 5.69 Å². The first-order chi connectivity index (χ1) is 6.69. The van der Waals surface area contributed by atoms with Gasteiger partial charge in [-0.2, -0.15) is 0 Å². The van der Waals surface area contributed by atoms with Gasteiger partial charge in [-0.25, -0.2) is 0 Å². The zero-order chi connectivity index (χ0) is 10.6. The van der Waals surface area contributed by atoms with Gasteiger partial charge in [0.2, 0.25) is 0 Å². The molecule has 0 saturated carbocycles. The van der Waals surface area contributed by atoms with E-state index in [1.165, 1.54) is 4.68 Å². The molecule has 0 aromatic carbocycles. The number of likely N-dealkylation sites (N-methyl/N-ethyl adjacent to an activating group) is 1. The Morgan fingerprint density at radius 1 is 1.71 bits per heavy atom. The number of rotatable bonds is 4.